The first-order valence-corrected chi connectivity index (χ1v) is 31.9. The topological polar surface area (TPSA) is 175 Å². The van der Waals surface area contributed by atoms with Crippen molar-refractivity contribution in [3.63, 3.8) is 0 Å². The molecule has 0 bridgehead atoms. The monoisotopic (exact) mass is 1110 g/mol. The predicted molar refractivity (Wildman–Crippen MR) is 322 cm³/mol. The van der Waals surface area contributed by atoms with Crippen LogP contribution in [0.1, 0.15) is 278 Å². The van der Waals surface area contributed by atoms with Gasteiger partial charge in [0.2, 0.25) is 0 Å². The van der Waals surface area contributed by atoms with Crippen LogP contribution >= 0.6 is 0 Å². The lowest BCUT2D eigenvalue weighted by Crippen LogP contribution is -2.61. The molecule has 12 nitrogen and oxygen atoms in total. The molecule has 0 aromatic rings. The van der Waals surface area contributed by atoms with E-state index in [2.05, 4.69) is 93.7 Å². The molecule has 0 radical (unpaired) electrons. The molecule has 6 atom stereocenters. The molecule has 0 aromatic carbocycles. The van der Waals surface area contributed by atoms with E-state index in [1.165, 1.54) is 89.9 Å². The van der Waals surface area contributed by atoms with E-state index in [-0.39, 0.29) is 25.9 Å². The predicted octanol–water partition coefficient (Wildman–Crippen LogP) is 16.9. The van der Waals surface area contributed by atoms with Crippen LogP contribution in [0.15, 0.2) is 72.9 Å². The third-order valence-corrected chi connectivity index (χ3v) is 14.3. The number of esters is 3. The van der Waals surface area contributed by atoms with Crippen molar-refractivity contribution in [3.8, 4) is 0 Å². The van der Waals surface area contributed by atoms with Crippen LogP contribution in [0, 0.1) is 0 Å². The van der Waals surface area contributed by atoms with Crippen molar-refractivity contribution in [2.24, 2.45) is 0 Å². The van der Waals surface area contributed by atoms with Gasteiger partial charge in [0, 0.05) is 19.3 Å². The average molecular weight is 1110 g/mol. The standard InChI is InChI=1S/C67H114O12/c1-4-7-10-13-16-19-22-25-28-29-30-31-34-37-40-43-46-49-52-55-61(70)78-65-63(72)62(71)64(66(73)74)79-67(65)76-57-58(77-60(69)54-51-48-45-42-39-36-33-27-24-21-18-15-12-9-6-3)56-75-59(68)53-50-47-44-41-38-35-32-26-23-20-17-14-11-8-5-2/h7,10,16-17,19-20,25-26,28,30-32,58,62-65,67,71-72H,4-6,8-9,11-15,18,21-24,27,29,33-57H2,1-3H3,(H,73,74)/b10-7-,19-16-,20-17-,28-25-,31-30-,32-26-. The van der Waals surface area contributed by atoms with Gasteiger partial charge in [-0.15, -0.1) is 0 Å². The van der Waals surface area contributed by atoms with Gasteiger partial charge in [-0.3, -0.25) is 14.4 Å². The lowest BCUT2D eigenvalue weighted by molar-refractivity contribution is -0.301. The van der Waals surface area contributed by atoms with E-state index in [9.17, 15) is 34.5 Å². The van der Waals surface area contributed by atoms with E-state index in [0.717, 1.165) is 128 Å². The number of hydrogen-bond donors (Lipinski definition) is 3. The molecular formula is C67H114O12. The summed E-state index contributed by atoms with van der Waals surface area (Å²) in [6.45, 7) is 5.87. The van der Waals surface area contributed by atoms with Crippen LogP contribution in [0.4, 0.5) is 0 Å². The Hall–Kier alpha value is -3.84. The molecule has 1 rings (SSSR count). The summed E-state index contributed by atoms with van der Waals surface area (Å²) in [5.74, 6) is -3.14. The summed E-state index contributed by atoms with van der Waals surface area (Å²) < 4.78 is 28.5. The number of hydrogen-bond acceptors (Lipinski definition) is 11. The summed E-state index contributed by atoms with van der Waals surface area (Å²) >= 11 is 0. The first-order valence-electron chi connectivity index (χ1n) is 31.9. The number of aliphatic hydroxyl groups excluding tert-OH is 2. The molecule has 3 N–H and O–H groups in total. The molecule has 6 unspecified atom stereocenters. The van der Waals surface area contributed by atoms with E-state index < -0.39 is 67.3 Å². The SMILES string of the molecule is CC/C=C\C/C=C\C/C=C\C/C=C\CCCCCCCCC(=O)OC1C(OCC(COC(=O)CCCCCCC/C=C\C/C=C\CCCCC)OC(=O)CCCCCCCCCCCCCCCCC)OC(C(=O)O)C(O)C1O. The fraction of sp³-hybridized carbons (Fsp3) is 0.761. The van der Waals surface area contributed by atoms with Gasteiger partial charge in [-0.25, -0.2) is 4.79 Å². The Morgan fingerprint density at radius 2 is 0.797 bits per heavy atom. The van der Waals surface area contributed by atoms with Crippen molar-refractivity contribution in [2.45, 2.75) is 314 Å². The number of aliphatic carboxylic acids is 1. The summed E-state index contributed by atoms with van der Waals surface area (Å²) in [4.78, 5) is 51.3. The van der Waals surface area contributed by atoms with Gasteiger partial charge in [0.1, 0.15) is 18.8 Å². The third kappa shape index (κ3) is 44.5. The Bertz CT molecular complexity index is 1650. The highest BCUT2D eigenvalue weighted by Gasteiger charge is 2.50. The Kier molecular flexibility index (Phi) is 50.7. The third-order valence-electron chi connectivity index (χ3n) is 14.3. The van der Waals surface area contributed by atoms with Crippen LogP contribution in [0.2, 0.25) is 0 Å². The first kappa shape index (κ1) is 73.2. The number of carbonyl (C=O) groups is 4. The maximum absolute atomic E-state index is 13.2. The molecule has 0 aliphatic carbocycles. The zero-order chi connectivity index (χ0) is 57.5. The molecule has 1 aliphatic rings. The van der Waals surface area contributed by atoms with Crippen molar-refractivity contribution in [3.05, 3.63) is 72.9 Å². The lowest BCUT2D eigenvalue weighted by Gasteiger charge is -2.40. The molecule has 0 aromatic heterocycles. The average Bonchev–Trinajstić information content (AvgIpc) is 3.44. The smallest absolute Gasteiger partial charge is 0.335 e. The minimum atomic E-state index is -1.91. The van der Waals surface area contributed by atoms with Crippen molar-refractivity contribution in [1.82, 2.24) is 0 Å². The highest BCUT2D eigenvalue weighted by molar-refractivity contribution is 5.74. The fourth-order valence-electron chi connectivity index (χ4n) is 9.39. The van der Waals surface area contributed by atoms with Crippen molar-refractivity contribution >= 4 is 23.9 Å². The number of unbranched alkanes of at least 4 members (excludes halogenated alkanes) is 28. The molecule has 0 spiro atoms. The number of carbonyl (C=O) groups excluding carboxylic acids is 3. The van der Waals surface area contributed by atoms with Crippen molar-refractivity contribution < 1.29 is 58.2 Å². The number of carboxylic acids is 1. The Balaban J connectivity index is 2.67. The summed E-state index contributed by atoms with van der Waals surface area (Å²) in [5.41, 5.74) is 0. The molecule has 454 valence electrons. The molecular weight excluding hydrogens is 997 g/mol. The van der Waals surface area contributed by atoms with E-state index in [0.29, 0.717) is 19.3 Å². The number of rotatable bonds is 54. The van der Waals surface area contributed by atoms with E-state index in [1.54, 1.807) is 0 Å². The quantitative estimate of drug-likeness (QED) is 0.0228. The molecule has 1 fully saturated rings. The van der Waals surface area contributed by atoms with Gasteiger partial charge >= 0.3 is 23.9 Å². The van der Waals surface area contributed by atoms with Crippen LogP contribution in [0.25, 0.3) is 0 Å². The number of carboxylic acid groups (broad SMARTS) is 1. The van der Waals surface area contributed by atoms with Crippen LogP contribution in [-0.4, -0.2) is 89.2 Å². The number of allylic oxidation sites excluding steroid dienone is 12. The van der Waals surface area contributed by atoms with Gasteiger partial charge in [-0.1, -0.05) is 241 Å². The van der Waals surface area contributed by atoms with E-state index in [1.807, 2.05) is 0 Å². The maximum atomic E-state index is 13.2. The minimum absolute atomic E-state index is 0.0422. The van der Waals surface area contributed by atoms with Crippen LogP contribution in [-0.2, 0) is 42.9 Å². The van der Waals surface area contributed by atoms with Gasteiger partial charge in [-0.05, 0) is 89.9 Å². The molecule has 1 saturated heterocycles. The second kappa shape index (κ2) is 54.7. The molecule has 12 heteroatoms. The number of ether oxygens (including phenoxy) is 5. The van der Waals surface area contributed by atoms with Crippen LogP contribution in [0.3, 0.4) is 0 Å². The molecule has 1 heterocycles. The van der Waals surface area contributed by atoms with Gasteiger partial charge < -0.3 is 39.0 Å². The Morgan fingerprint density at radius 1 is 0.430 bits per heavy atom. The zero-order valence-electron chi connectivity index (χ0n) is 50.1. The minimum Gasteiger partial charge on any atom is -0.479 e. The molecule has 0 saturated carbocycles. The first-order chi connectivity index (χ1) is 38.6. The zero-order valence-corrected chi connectivity index (χ0v) is 50.1. The second-order valence-corrected chi connectivity index (χ2v) is 21.7. The highest BCUT2D eigenvalue weighted by atomic mass is 16.7. The second-order valence-electron chi connectivity index (χ2n) is 21.7. The van der Waals surface area contributed by atoms with Gasteiger partial charge in [0.15, 0.2) is 24.6 Å². The Morgan fingerprint density at radius 3 is 1.24 bits per heavy atom. The molecule has 79 heavy (non-hydrogen) atoms. The summed E-state index contributed by atoms with van der Waals surface area (Å²) in [6.07, 6.45) is 57.1. The normalized spacial score (nSPS) is 18.3. The fourth-order valence-corrected chi connectivity index (χ4v) is 9.39. The van der Waals surface area contributed by atoms with Crippen molar-refractivity contribution in [2.75, 3.05) is 13.2 Å². The summed E-state index contributed by atoms with van der Waals surface area (Å²) in [7, 11) is 0. The van der Waals surface area contributed by atoms with Crippen LogP contribution < -0.4 is 0 Å². The van der Waals surface area contributed by atoms with Crippen molar-refractivity contribution in [1.29, 1.82) is 0 Å². The summed E-state index contributed by atoms with van der Waals surface area (Å²) in [5, 5.41) is 31.6. The molecule has 0 amide bonds. The number of aliphatic hydroxyl groups is 2. The van der Waals surface area contributed by atoms with Crippen LogP contribution in [0.5, 0.6) is 0 Å². The maximum Gasteiger partial charge on any atom is 0.335 e. The lowest BCUT2D eigenvalue weighted by atomic mass is 9.98. The van der Waals surface area contributed by atoms with Gasteiger partial charge in [0.05, 0.1) is 6.61 Å². The van der Waals surface area contributed by atoms with Gasteiger partial charge in [-0.2, -0.15) is 0 Å². The summed E-state index contributed by atoms with van der Waals surface area (Å²) in [6, 6.07) is 0. The molecule has 1 aliphatic heterocycles. The van der Waals surface area contributed by atoms with E-state index >= 15 is 0 Å². The highest BCUT2D eigenvalue weighted by Crippen LogP contribution is 2.27. The Labute approximate surface area is 480 Å². The largest absolute Gasteiger partial charge is 0.479 e. The van der Waals surface area contributed by atoms with Gasteiger partial charge in [0.25, 0.3) is 0 Å². The van der Waals surface area contributed by atoms with E-state index in [4.69, 9.17) is 23.7 Å².